The average Bonchev–Trinajstić information content (AvgIpc) is 3.19. The molecular formula is C21H22N8. The van der Waals surface area contributed by atoms with Crippen LogP contribution in [-0.4, -0.2) is 42.4 Å². The highest BCUT2D eigenvalue weighted by Gasteiger charge is 2.31. The minimum atomic E-state index is 0.266. The summed E-state index contributed by atoms with van der Waals surface area (Å²) in [6.07, 6.45) is 10.7. The van der Waals surface area contributed by atoms with Crippen molar-refractivity contribution in [3.63, 3.8) is 0 Å². The van der Waals surface area contributed by atoms with Crippen molar-refractivity contribution in [2.45, 2.75) is 43.9 Å². The molecule has 0 amide bonds. The minimum absolute atomic E-state index is 0.266. The Labute approximate surface area is 167 Å². The van der Waals surface area contributed by atoms with Gasteiger partial charge >= 0.3 is 0 Å². The Kier molecular flexibility index (Phi) is 3.92. The summed E-state index contributed by atoms with van der Waals surface area (Å²) in [5.41, 5.74) is 4.74. The molecule has 146 valence electrons. The molecule has 8 heteroatoms. The molecule has 1 saturated heterocycles. The van der Waals surface area contributed by atoms with Gasteiger partial charge in [0.15, 0.2) is 0 Å². The highest BCUT2D eigenvalue weighted by Crippen LogP contribution is 2.31. The first kappa shape index (κ1) is 16.8. The maximum absolute atomic E-state index is 4.54. The summed E-state index contributed by atoms with van der Waals surface area (Å²) >= 11 is 0. The first-order valence-corrected chi connectivity index (χ1v) is 10.2. The van der Waals surface area contributed by atoms with Crippen molar-refractivity contribution in [3.8, 4) is 16.9 Å². The standard InChI is InChI=1S/C21H22N8/c1-10-23-29(11-1)19-8-4-14(21-15(19)12-22-28-21)16-5-6-18(27-26-16)17-7-9-20(25-17)24-13-2-3-13/h1,4-6,8,10-13,17,20,24-25H,2-3,7,9H2,(H,22,28). The zero-order valence-electron chi connectivity index (χ0n) is 15.9. The fourth-order valence-electron chi connectivity index (χ4n) is 4.16. The van der Waals surface area contributed by atoms with Crippen LogP contribution in [0.3, 0.4) is 0 Å². The molecule has 6 rings (SSSR count). The Hall–Kier alpha value is -3.10. The number of aromatic amines is 1. The maximum Gasteiger partial charge on any atom is 0.0951 e. The van der Waals surface area contributed by atoms with Crippen LogP contribution in [0.25, 0.3) is 27.8 Å². The van der Waals surface area contributed by atoms with Gasteiger partial charge in [-0.15, -0.1) is 0 Å². The monoisotopic (exact) mass is 386 g/mol. The van der Waals surface area contributed by atoms with Crippen LogP contribution in [0.1, 0.15) is 37.4 Å². The van der Waals surface area contributed by atoms with Gasteiger partial charge in [-0.05, 0) is 56.0 Å². The molecule has 2 unspecified atom stereocenters. The van der Waals surface area contributed by atoms with Crippen molar-refractivity contribution in [2.75, 3.05) is 0 Å². The van der Waals surface area contributed by atoms with Gasteiger partial charge in [0.2, 0.25) is 0 Å². The predicted molar refractivity (Wildman–Crippen MR) is 109 cm³/mol. The summed E-state index contributed by atoms with van der Waals surface area (Å²) in [4.78, 5) is 0. The highest BCUT2D eigenvalue weighted by molar-refractivity contribution is 5.97. The van der Waals surface area contributed by atoms with Crippen molar-refractivity contribution < 1.29 is 0 Å². The molecule has 2 atom stereocenters. The van der Waals surface area contributed by atoms with E-state index in [4.69, 9.17) is 0 Å². The van der Waals surface area contributed by atoms with Gasteiger partial charge < -0.3 is 0 Å². The molecule has 1 aromatic carbocycles. The number of nitrogens with one attached hydrogen (secondary N) is 3. The lowest BCUT2D eigenvalue weighted by atomic mass is 10.1. The molecule has 1 aliphatic carbocycles. The highest BCUT2D eigenvalue weighted by atomic mass is 15.3. The first-order chi connectivity index (χ1) is 14.3. The summed E-state index contributed by atoms with van der Waals surface area (Å²) in [5.74, 6) is 0. The van der Waals surface area contributed by atoms with Gasteiger partial charge in [-0.1, -0.05) is 0 Å². The number of fused-ring (bicyclic) bond motifs is 1. The summed E-state index contributed by atoms with van der Waals surface area (Å²) in [5, 5.41) is 29.1. The number of benzene rings is 1. The van der Waals surface area contributed by atoms with E-state index in [0.29, 0.717) is 12.2 Å². The van der Waals surface area contributed by atoms with E-state index in [0.717, 1.165) is 46.4 Å². The third kappa shape index (κ3) is 3.10. The summed E-state index contributed by atoms with van der Waals surface area (Å²) in [7, 11) is 0. The third-order valence-electron chi connectivity index (χ3n) is 5.82. The van der Waals surface area contributed by atoms with E-state index < -0.39 is 0 Å². The molecule has 4 aromatic rings. The summed E-state index contributed by atoms with van der Waals surface area (Å²) < 4.78 is 1.84. The van der Waals surface area contributed by atoms with Crippen LogP contribution in [0.4, 0.5) is 0 Å². The lowest BCUT2D eigenvalue weighted by molar-refractivity contribution is 0.453. The Morgan fingerprint density at radius 1 is 1.03 bits per heavy atom. The van der Waals surface area contributed by atoms with E-state index in [2.05, 4.69) is 48.3 Å². The first-order valence-electron chi connectivity index (χ1n) is 10.2. The van der Waals surface area contributed by atoms with Crippen LogP contribution in [0.2, 0.25) is 0 Å². The van der Waals surface area contributed by atoms with Gasteiger partial charge in [0.1, 0.15) is 0 Å². The number of aromatic nitrogens is 6. The van der Waals surface area contributed by atoms with E-state index in [-0.39, 0.29) is 6.04 Å². The van der Waals surface area contributed by atoms with Crippen molar-refractivity contribution in [2.24, 2.45) is 0 Å². The van der Waals surface area contributed by atoms with Gasteiger partial charge in [0, 0.05) is 29.4 Å². The Morgan fingerprint density at radius 3 is 2.79 bits per heavy atom. The molecule has 0 radical (unpaired) electrons. The SMILES string of the molecule is c1cnn(-c2ccc(-c3ccc(C4CCC(NC5CC5)N4)nn3)c3[nH]ncc23)c1. The zero-order valence-corrected chi connectivity index (χ0v) is 15.9. The van der Waals surface area contributed by atoms with Gasteiger partial charge in [-0.25, -0.2) is 4.68 Å². The van der Waals surface area contributed by atoms with Crippen LogP contribution in [0, 0.1) is 0 Å². The van der Waals surface area contributed by atoms with Crippen molar-refractivity contribution in [1.82, 2.24) is 40.8 Å². The molecule has 0 spiro atoms. The number of rotatable bonds is 5. The average molecular weight is 386 g/mol. The van der Waals surface area contributed by atoms with E-state index in [1.54, 1.807) is 6.20 Å². The van der Waals surface area contributed by atoms with Gasteiger partial charge in [0.05, 0.1) is 41.0 Å². The third-order valence-corrected chi connectivity index (χ3v) is 5.82. The van der Waals surface area contributed by atoms with Gasteiger partial charge in [-0.2, -0.15) is 20.4 Å². The van der Waals surface area contributed by atoms with Crippen LogP contribution in [-0.2, 0) is 0 Å². The van der Waals surface area contributed by atoms with Gasteiger partial charge in [0.25, 0.3) is 0 Å². The second kappa shape index (κ2) is 6.75. The molecule has 2 aliphatic rings. The fraction of sp³-hybridized carbons (Fsp3) is 0.333. The molecule has 1 saturated carbocycles. The molecule has 1 aliphatic heterocycles. The Balaban J connectivity index is 1.27. The Bertz CT molecular complexity index is 1130. The van der Waals surface area contributed by atoms with E-state index in [9.17, 15) is 0 Å². The molecule has 3 N–H and O–H groups in total. The van der Waals surface area contributed by atoms with E-state index in [1.807, 2.05) is 35.3 Å². The Morgan fingerprint density at radius 2 is 2.00 bits per heavy atom. The quantitative estimate of drug-likeness (QED) is 0.488. The van der Waals surface area contributed by atoms with Crippen molar-refractivity contribution >= 4 is 10.9 Å². The number of hydrogen-bond acceptors (Lipinski definition) is 6. The van der Waals surface area contributed by atoms with E-state index in [1.165, 1.54) is 12.8 Å². The summed E-state index contributed by atoms with van der Waals surface area (Å²) in [6.45, 7) is 0. The largest absolute Gasteiger partial charge is 0.299 e. The van der Waals surface area contributed by atoms with Crippen LogP contribution in [0.5, 0.6) is 0 Å². The van der Waals surface area contributed by atoms with Crippen molar-refractivity contribution in [1.29, 1.82) is 0 Å². The topological polar surface area (TPSA) is 96.3 Å². The normalized spacial score (nSPS) is 21.8. The van der Waals surface area contributed by atoms with Crippen molar-refractivity contribution in [3.05, 3.63) is 54.6 Å². The zero-order chi connectivity index (χ0) is 19.2. The maximum atomic E-state index is 4.54. The minimum Gasteiger partial charge on any atom is -0.299 e. The smallest absolute Gasteiger partial charge is 0.0951 e. The lowest BCUT2D eigenvalue weighted by Crippen LogP contribution is -2.39. The lowest BCUT2D eigenvalue weighted by Gasteiger charge is -2.15. The second-order valence-corrected chi connectivity index (χ2v) is 7.88. The molecule has 8 nitrogen and oxygen atoms in total. The summed E-state index contributed by atoms with van der Waals surface area (Å²) in [6, 6.07) is 11.1. The molecule has 3 aromatic heterocycles. The van der Waals surface area contributed by atoms with Crippen LogP contribution >= 0.6 is 0 Å². The molecule has 4 heterocycles. The predicted octanol–water partition coefficient (Wildman–Crippen LogP) is 2.71. The number of hydrogen-bond donors (Lipinski definition) is 3. The fourth-order valence-corrected chi connectivity index (χ4v) is 4.16. The molecule has 2 fully saturated rings. The van der Waals surface area contributed by atoms with Gasteiger partial charge in [-0.3, -0.25) is 15.7 Å². The van der Waals surface area contributed by atoms with Crippen LogP contribution in [0.15, 0.2) is 48.9 Å². The number of nitrogens with zero attached hydrogens (tertiary/aromatic N) is 5. The van der Waals surface area contributed by atoms with Crippen LogP contribution < -0.4 is 10.6 Å². The second-order valence-electron chi connectivity index (χ2n) is 7.88. The molecule has 0 bridgehead atoms. The molecule has 29 heavy (non-hydrogen) atoms. The van der Waals surface area contributed by atoms with E-state index >= 15 is 0 Å². The number of H-pyrrole nitrogens is 1. The molecular weight excluding hydrogens is 364 g/mol.